The second-order valence-electron chi connectivity index (χ2n) is 4.63. The summed E-state index contributed by atoms with van der Waals surface area (Å²) in [7, 11) is 0. The Kier molecular flexibility index (Phi) is 3.23. The molecule has 0 unspecified atom stereocenters. The largest absolute Gasteiger partial charge is 0.472 e. The number of furan rings is 1. The van der Waals surface area contributed by atoms with Crippen molar-refractivity contribution in [1.82, 2.24) is 9.97 Å². The van der Waals surface area contributed by atoms with Crippen molar-refractivity contribution in [2.24, 2.45) is 0 Å². The molecular weight excluding hydrogens is 266 g/mol. The molecule has 5 nitrogen and oxygen atoms in total. The molecule has 1 aromatic carbocycles. The number of ketones is 1. The van der Waals surface area contributed by atoms with E-state index in [0.717, 1.165) is 11.1 Å². The maximum absolute atomic E-state index is 11.3. The topological polar surface area (TPSA) is 82.0 Å². The van der Waals surface area contributed by atoms with Gasteiger partial charge >= 0.3 is 0 Å². The molecule has 0 bridgehead atoms. The zero-order chi connectivity index (χ0) is 14.8. The van der Waals surface area contributed by atoms with Gasteiger partial charge in [0.15, 0.2) is 5.78 Å². The Balaban J connectivity index is 2.05. The SMILES string of the molecule is CC(=O)c1ccc(-c2nc(-c3ccoc3)cnc2N)cc1. The molecule has 0 saturated carbocycles. The van der Waals surface area contributed by atoms with Crippen LogP contribution in [0.1, 0.15) is 17.3 Å². The van der Waals surface area contributed by atoms with Gasteiger partial charge < -0.3 is 10.2 Å². The fourth-order valence-electron chi connectivity index (χ4n) is 2.02. The van der Waals surface area contributed by atoms with Crippen molar-refractivity contribution in [1.29, 1.82) is 0 Å². The highest BCUT2D eigenvalue weighted by molar-refractivity contribution is 5.94. The maximum Gasteiger partial charge on any atom is 0.159 e. The van der Waals surface area contributed by atoms with E-state index in [1.165, 1.54) is 6.92 Å². The van der Waals surface area contributed by atoms with Crippen molar-refractivity contribution in [2.75, 3.05) is 5.73 Å². The Morgan fingerprint density at radius 1 is 1.14 bits per heavy atom. The number of aromatic nitrogens is 2. The van der Waals surface area contributed by atoms with Gasteiger partial charge in [-0.05, 0) is 13.0 Å². The number of hydrogen-bond acceptors (Lipinski definition) is 5. The molecule has 2 N–H and O–H groups in total. The molecule has 0 fully saturated rings. The molecule has 0 aliphatic rings. The van der Waals surface area contributed by atoms with Gasteiger partial charge in [0.2, 0.25) is 0 Å². The predicted octanol–water partition coefficient (Wildman–Crippen LogP) is 3.19. The lowest BCUT2D eigenvalue weighted by Gasteiger charge is -2.06. The first-order valence-electron chi connectivity index (χ1n) is 6.41. The fraction of sp³-hybridized carbons (Fsp3) is 0.0625. The minimum Gasteiger partial charge on any atom is -0.472 e. The van der Waals surface area contributed by atoms with Crippen LogP contribution in [0, 0.1) is 0 Å². The third-order valence-corrected chi connectivity index (χ3v) is 3.18. The number of hydrogen-bond donors (Lipinski definition) is 1. The number of carbonyl (C=O) groups excluding carboxylic acids is 1. The number of Topliss-reactive ketones (excluding diaryl/α,β-unsaturated/α-hetero) is 1. The smallest absolute Gasteiger partial charge is 0.159 e. The van der Waals surface area contributed by atoms with Gasteiger partial charge in [0.25, 0.3) is 0 Å². The van der Waals surface area contributed by atoms with Crippen LogP contribution in [0.5, 0.6) is 0 Å². The monoisotopic (exact) mass is 279 g/mol. The third-order valence-electron chi connectivity index (χ3n) is 3.18. The summed E-state index contributed by atoms with van der Waals surface area (Å²) in [6, 6.07) is 8.95. The third kappa shape index (κ3) is 2.53. The van der Waals surface area contributed by atoms with Crippen LogP contribution < -0.4 is 5.73 Å². The van der Waals surface area contributed by atoms with Gasteiger partial charge in [0, 0.05) is 16.7 Å². The van der Waals surface area contributed by atoms with Crippen molar-refractivity contribution in [3.8, 4) is 22.5 Å². The van der Waals surface area contributed by atoms with Gasteiger partial charge in [-0.1, -0.05) is 24.3 Å². The second-order valence-corrected chi connectivity index (χ2v) is 4.63. The van der Waals surface area contributed by atoms with E-state index in [2.05, 4.69) is 9.97 Å². The van der Waals surface area contributed by atoms with Crippen LogP contribution in [0.15, 0.2) is 53.5 Å². The van der Waals surface area contributed by atoms with Crippen molar-refractivity contribution >= 4 is 11.6 Å². The normalized spacial score (nSPS) is 10.5. The van der Waals surface area contributed by atoms with Gasteiger partial charge in [-0.2, -0.15) is 0 Å². The molecule has 104 valence electrons. The van der Waals surface area contributed by atoms with E-state index in [1.54, 1.807) is 30.9 Å². The van der Waals surface area contributed by atoms with E-state index in [9.17, 15) is 4.79 Å². The molecule has 0 saturated heterocycles. The number of nitrogens with two attached hydrogens (primary N) is 1. The molecule has 0 aliphatic carbocycles. The van der Waals surface area contributed by atoms with E-state index in [-0.39, 0.29) is 5.78 Å². The van der Waals surface area contributed by atoms with Crippen LogP contribution in [-0.2, 0) is 0 Å². The molecule has 3 rings (SSSR count). The molecule has 0 atom stereocenters. The summed E-state index contributed by atoms with van der Waals surface area (Å²) in [5.41, 5.74) is 9.48. The first-order valence-corrected chi connectivity index (χ1v) is 6.41. The van der Waals surface area contributed by atoms with Crippen molar-refractivity contribution < 1.29 is 9.21 Å². The Hall–Kier alpha value is -2.95. The minimum atomic E-state index is 0.0211. The summed E-state index contributed by atoms with van der Waals surface area (Å²) in [6.45, 7) is 1.53. The first-order chi connectivity index (χ1) is 10.1. The number of rotatable bonds is 3. The number of anilines is 1. The van der Waals surface area contributed by atoms with Gasteiger partial charge in [-0.3, -0.25) is 4.79 Å². The average molecular weight is 279 g/mol. The Morgan fingerprint density at radius 3 is 2.52 bits per heavy atom. The number of nitrogens with zero attached hydrogens (tertiary/aromatic N) is 2. The van der Waals surface area contributed by atoms with E-state index in [1.807, 2.05) is 18.2 Å². The number of carbonyl (C=O) groups is 1. The van der Waals surface area contributed by atoms with Crippen LogP contribution in [0.4, 0.5) is 5.82 Å². The summed E-state index contributed by atoms with van der Waals surface area (Å²) < 4.78 is 5.05. The molecule has 5 heteroatoms. The van der Waals surface area contributed by atoms with Crippen LogP contribution >= 0.6 is 0 Å². The second kappa shape index (κ2) is 5.20. The molecule has 0 aliphatic heterocycles. The number of benzene rings is 1. The van der Waals surface area contributed by atoms with Crippen LogP contribution in [-0.4, -0.2) is 15.8 Å². The summed E-state index contributed by atoms with van der Waals surface area (Å²) in [5, 5.41) is 0. The van der Waals surface area contributed by atoms with Gasteiger partial charge in [0.05, 0.1) is 24.4 Å². The van der Waals surface area contributed by atoms with Crippen molar-refractivity contribution in [3.63, 3.8) is 0 Å². The lowest BCUT2D eigenvalue weighted by atomic mass is 10.1. The molecule has 3 aromatic rings. The summed E-state index contributed by atoms with van der Waals surface area (Å²) in [4.78, 5) is 20.0. The molecule has 0 amide bonds. The predicted molar refractivity (Wildman–Crippen MR) is 79.6 cm³/mol. The zero-order valence-corrected chi connectivity index (χ0v) is 11.4. The standard InChI is InChI=1S/C16H13N3O2/c1-10(20)11-2-4-12(5-3-11)15-16(17)18-8-14(19-15)13-6-7-21-9-13/h2-9H,1H3,(H2,17,18). The van der Waals surface area contributed by atoms with Crippen LogP contribution in [0.2, 0.25) is 0 Å². The average Bonchev–Trinajstić information content (AvgIpc) is 3.02. The maximum atomic E-state index is 11.3. The highest BCUT2D eigenvalue weighted by Gasteiger charge is 2.10. The highest BCUT2D eigenvalue weighted by atomic mass is 16.3. The van der Waals surface area contributed by atoms with Crippen molar-refractivity contribution in [3.05, 3.63) is 54.6 Å². The molecule has 2 heterocycles. The molecular formula is C16H13N3O2. The Morgan fingerprint density at radius 2 is 1.90 bits per heavy atom. The molecule has 0 radical (unpaired) electrons. The minimum absolute atomic E-state index is 0.0211. The Bertz CT molecular complexity index is 778. The summed E-state index contributed by atoms with van der Waals surface area (Å²) in [5.74, 6) is 0.366. The van der Waals surface area contributed by atoms with E-state index in [0.29, 0.717) is 22.8 Å². The molecule has 2 aromatic heterocycles. The van der Waals surface area contributed by atoms with Gasteiger partial charge in [-0.25, -0.2) is 9.97 Å². The zero-order valence-electron chi connectivity index (χ0n) is 11.4. The molecule has 21 heavy (non-hydrogen) atoms. The van der Waals surface area contributed by atoms with Gasteiger partial charge in [0.1, 0.15) is 11.5 Å². The van der Waals surface area contributed by atoms with E-state index < -0.39 is 0 Å². The highest BCUT2D eigenvalue weighted by Crippen LogP contribution is 2.26. The van der Waals surface area contributed by atoms with E-state index >= 15 is 0 Å². The summed E-state index contributed by atoms with van der Waals surface area (Å²) in [6.07, 6.45) is 4.78. The van der Waals surface area contributed by atoms with Gasteiger partial charge in [-0.15, -0.1) is 0 Å². The fourth-order valence-corrected chi connectivity index (χ4v) is 2.02. The quantitative estimate of drug-likeness (QED) is 0.744. The lowest BCUT2D eigenvalue weighted by molar-refractivity contribution is 0.101. The van der Waals surface area contributed by atoms with Crippen LogP contribution in [0.3, 0.4) is 0 Å². The van der Waals surface area contributed by atoms with Crippen LogP contribution in [0.25, 0.3) is 22.5 Å². The van der Waals surface area contributed by atoms with E-state index in [4.69, 9.17) is 10.2 Å². The first kappa shape index (κ1) is 13.1. The summed E-state index contributed by atoms with van der Waals surface area (Å²) >= 11 is 0. The van der Waals surface area contributed by atoms with Crippen molar-refractivity contribution in [2.45, 2.75) is 6.92 Å². The Labute approximate surface area is 121 Å². The lowest BCUT2D eigenvalue weighted by Crippen LogP contribution is -1.99. The molecule has 0 spiro atoms. The number of nitrogen functional groups attached to an aromatic ring is 1.